The highest BCUT2D eigenvalue weighted by Gasteiger charge is 2.21. The number of aromatic hydroxyl groups is 1. The second-order valence-electron chi connectivity index (χ2n) is 4.02. The van der Waals surface area contributed by atoms with Crippen LogP contribution in [-0.4, -0.2) is 42.2 Å². The number of nitrogens with zero attached hydrogens (tertiary/aromatic N) is 1. The predicted molar refractivity (Wildman–Crippen MR) is 72.2 cm³/mol. The lowest BCUT2D eigenvalue weighted by atomic mass is 10.1. The van der Waals surface area contributed by atoms with Crippen molar-refractivity contribution in [1.29, 1.82) is 0 Å². The average Bonchev–Trinajstić information content (AvgIpc) is 2.31. The van der Waals surface area contributed by atoms with Gasteiger partial charge >= 0.3 is 12.1 Å². The van der Waals surface area contributed by atoms with E-state index in [9.17, 15) is 14.7 Å². The molecule has 1 atom stereocenters. The zero-order valence-corrected chi connectivity index (χ0v) is 11.5. The SMILES string of the molecule is CN(C)C(=O)OC(=O)C(N)Cc1ccccc1O.Cl. The summed E-state index contributed by atoms with van der Waals surface area (Å²) in [5.41, 5.74) is 6.14. The van der Waals surface area contributed by atoms with Gasteiger partial charge in [0.2, 0.25) is 0 Å². The lowest BCUT2D eigenvalue weighted by Crippen LogP contribution is -2.38. The van der Waals surface area contributed by atoms with Crippen molar-refractivity contribution in [2.75, 3.05) is 14.1 Å². The number of benzene rings is 1. The average molecular weight is 289 g/mol. The highest BCUT2D eigenvalue weighted by Crippen LogP contribution is 2.17. The minimum Gasteiger partial charge on any atom is -0.508 e. The van der Waals surface area contributed by atoms with E-state index in [-0.39, 0.29) is 24.6 Å². The summed E-state index contributed by atoms with van der Waals surface area (Å²) in [4.78, 5) is 23.8. The van der Waals surface area contributed by atoms with Crippen LogP contribution >= 0.6 is 12.4 Å². The number of rotatable bonds is 3. The molecular formula is C12H17ClN2O4. The van der Waals surface area contributed by atoms with E-state index < -0.39 is 18.1 Å². The Labute approximate surface area is 117 Å². The lowest BCUT2D eigenvalue weighted by Gasteiger charge is -2.13. The Hall–Kier alpha value is -1.79. The second-order valence-corrected chi connectivity index (χ2v) is 4.02. The van der Waals surface area contributed by atoms with Gasteiger partial charge in [-0.15, -0.1) is 12.4 Å². The first kappa shape index (κ1) is 17.2. The number of hydrogen-bond donors (Lipinski definition) is 2. The molecule has 0 radical (unpaired) electrons. The summed E-state index contributed by atoms with van der Waals surface area (Å²) in [5.74, 6) is -0.767. The molecule has 6 nitrogen and oxygen atoms in total. The van der Waals surface area contributed by atoms with Gasteiger partial charge in [-0.1, -0.05) is 18.2 Å². The van der Waals surface area contributed by atoms with E-state index in [0.29, 0.717) is 5.56 Å². The predicted octanol–water partition coefficient (Wildman–Crippen LogP) is 0.909. The van der Waals surface area contributed by atoms with Crippen LogP contribution in [0.4, 0.5) is 4.79 Å². The number of halogens is 1. The molecule has 1 aromatic rings. The van der Waals surface area contributed by atoms with E-state index in [4.69, 9.17) is 5.73 Å². The fourth-order valence-electron chi connectivity index (χ4n) is 1.26. The van der Waals surface area contributed by atoms with E-state index in [1.54, 1.807) is 18.2 Å². The molecule has 1 amide bonds. The molecule has 1 unspecified atom stereocenters. The van der Waals surface area contributed by atoms with Crippen LogP contribution in [0.3, 0.4) is 0 Å². The zero-order chi connectivity index (χ0) is 13.7. The zero-order valence-electron chi connectivity index (χ0n) is 10.7. The normalized spacial score (nSPS) is 11.1. The van der Waals surface area contributed by atoms with Gasteiger partial charge in [-0.25, -0.2) is 9.59 Å². The molecule has 7 heteroatoms. The molecule has 19 heavy (non-hydrogen) atoms. The van der Waals surface area contributed by atoms with Crippen molar-refractivity contribution in [2.45, 2.75) is 12.5 Å². The minimum absolute atomic E-state index is 0. The Bertz CT molecular complexity index is 451. The van der Waals surface area contributed by atoms with Crippen molar-refractivity contribution in [3.63, 3.8) is 0 Å². The van der Waals surface area contributed by atoms with Crippen molar-refractivity contribution in [1.82, 2.24) is 4.90 Å². The van der Waals surface area contributed by atoms with Gasteiger partial charge in [0, 0.05) is 20.5 Å². The fraction of sp³-hybridized carbons (Fsp3) is 0.333. The summed E-state index contributed by atoms with van der Waals surface area (Å²) in [5, 5.41) is 9.53. The number of ether oxygens (including phenoxy) is 1. The standard InChI is InChI=1S/C12H16N2O4.ClH/c1-14(2)12(17)18-11(16)9(13)7-8-5-3-4-6-10(8)15;/h3-6,9,15H,7,13H2,1-2H3;1H. The molecule has 1 aromatic carbocycles. The molecule has 0 saturated heterocycles. The number of carbonyl (C=O) groups excluding carboxylic acids is 2. The third-order valence-electron chi connectivity index (χ3n) is 2.29. The van der Waals surface area contributed by atoms with E-state index in [0.717, 1.165) is 4.90 Å². The Balaban J connectivity index is 0.00000324. The van der Waals surface area contributed by atoms with Crippen LogP contribution in [0.5, 0.6) is 5.75 Å². The fourth-order valence-corrected chi connectivity index (χ4v) is 1.26. The highest BCUT2D eigenvalue weighted by atomic mass is 35.5. The number of phenols is 1. The maximum atomic E-state index is 11.5. The van der Waals surface area contributed by atoms with E-state index >= 15 is 0 Å². The summed E-state index contributed by atoms with van der Waals surface area (Å²) >= 11 is 0. The van der Waals surface area contributed by atoms with Crippen molar-refractivity contribution in [2.24, 2.45) is 5.73 Å². The molecule has 106 valence electrons. The van der Waals surface area contributed by atoms with Crippen LogP contribution in [0.15, 0.2) is 24.3 Å². The van der Waals surface area contributed by atoms with E-state index in [1.165, 1.54) is 20.2 Å². The number of hydrogen-bond acceptors (Lipinski definition) is 5. The first-order valence-corrected chi connectivity index (χ1v) is 5.37. The Morgan fingerprint density at radius 2 is 1.95 bits per heavy atom. The summed E-state index contributed by atoms with van der Waals surface area (Å²) in [6.45, 7) is 0. The molecule has 0 bridgehead atoms. The third kappa shape index (κ3) is 5.15. The lowest BCUT2D eigenvalue weighted by molar-refractivity contribution is -0.139. The molecule has 0 aliphatic rings. The maximum absolute atomic E-state index is 11.5. The number of carbonyl (C=O) groups is 2. The first-order chi connectivity index (χ1) is 8.41. The van der Waals surface area contributed by atoms with Crippen LogP contribution < -0.4 is 5.73 Å². The molecule has 1 rings (SSSR count). The Morgan fingerprint density at radius 3 is 2.47 bits per heavy atom. The molecular weight excluding hydrogens is 272 g/mol. The van der Waals surface area contributed by atoms with Crippen LogP contribution in [0.1, 0.15) is 5.56 Å². The molecule has 0 aliphatic carbocycles. The number of nitrogens with two attached hydrogens (primary N) is 1. The molecule has 3 N–H and O–H groups in total. The van der Waals surface area contributed by atoms with Gasteiger partial charge in [-0.2, -0.15) is 0 Å². The number of phenolic OH excluding ortho intramolecular Hbond substituents is 1. The van der Waals surface area contributed by atoms with Gasteiger partial charge in [0.15, 0.2) is 0 Å². The van der Waals surface area contributed by atoms with Crippen molar-refractivity contribution >= 4 is 24.5 Å². The summed E-state index contributed by atoms with van der Waals surface area (Å²) in [6, 6.07) is 5.53. The Morgan fingerprint density at radius 1 is 1.37 bits per heavy atom. The third-order valence-corrected chi connectivity index (χ3v) is 2.29. The van der Waals surface area contributed by atoms with Crippen LogP contribution in [0, 0.1) is 0 Å². The second kappa shape index (κ2) is 7.60. The van der Waals surface area contributed by atoms with Crippen molar-refractivity contribution < 1.29 is 19.4 Å². The van der Waals surface area contributed by atoms with Crippen LogP contribution in [0.25, 0.3) is 0 Å². The number of amides is 1. The van der Waals surface area contributed by atoms with Gasteiger partial charge in [-0.3, -0.25) is 0 Å². The first-order valence-electron chi connectivity index (χ1n) is 5.37. The Kier molecular flexibility index (Phi) is 6.89. The molecule has 0 heterocycles. The maximum Gasteiger partial charge on any atom is 0.417 e. The summed E-state index contributed by atoms with van der Waals surface area (Å²) < 4.78 is 4.53. The minimum atomic E-state index is -0.998. The number of esters is 1. The monoisotopic (exact) mass is 288 g/mol. The molecule has 0 saturated carbocycles. The molecule has 0 spiro atoms. The van der Waals surface area contributed by atoms with E-state index in [1.807, 2.05) is 0 Å². The van der Waals surface area contributed by atoms with Crippen LogP contribution in [-0.2, 0) is 16.0 Å². The van der Waals surface area contributed by atoms with Gasteiger partial charge < -0.3 is 20.5 Å². The van der Waals surface area contributed by atoms with Crippen molar-refractivity contribution in [3.05, 3.63) is 29.8 Å². The van der Waals surface area contributed by atoms with Gasteiger partial charge in [0.25, 0.3) is 0 Å². The topological polar surface area (TPSA) is 92.9 Å². The highest BCUT2D eigenvalue weighted by molar-refractivity contribution is 5.87. The van der Waals surface area contributed by atoms with Crippen molar-refractivity contribution in [3.8, 4) is 5.75 Å². The largest absolute Gasteiger partial charge is 0.508 e. The van der Waals surface area contributed by atoms with E-state index in [2.05, 4.69) is 4.74 Å². The molecule has 0 aliphatic heterocycles. The van der Waals surface area contributed by atoms with Gasteiger partial charge in [-0.05, 0) is 11.6 Å². The quantitative estimate of drug-likeness (QED) is 0.637. The summed E-state index contributed by atoms with van der Waals surface area (Å²) in [7, 11) is 2.92. The van der Waals surface area contributed by atoms with Gasteiger partial charge in [0.1, 0.15) is 11.8 Å². The van der Waals surface area contributed by atoms with Gasteiger partial charge in [0.05, 0.1) is 0 Å². The molecule has 0 aromatic heterocycles. The smallest absolute Gasteiger partial charge is 0.417 e. The number of para-hydroxylation sites is 1. The molecule has 0 fully saturated rings. The summed E-state index contributed by atoms with van der Waals surface area (Å²) in [6.07, 6.45) is -0.667. The van der Waals surface area contributed by atoms with Crippen LogP contribution in [0.2, 0.25) is 0 Å².